The zero-order valence-corrected chi connectivity index (χ0v) is 13.7. The van der Waals surface area contributed by atoms with E-state index in [4.69, 9.17) is 14.6 Å². The summed E-state index contributed by atoms with van der Waals surface area (Å²) >= 11 is 0. The number of benzene rings is 1. The lowest BCUT2D eigenvalue weighted by Crippen LogP contribution is -2.45. The Hall–Kier alpha value is -2.24. The molecular weight excluding hydrogens is 298 g/mol. The minimum atomic E-state index is -0.896. The number of nitrogens with zero attached hydrogens (tertiary/aromatic N) is 1. The summed E-state index contributed by atoms with van der Waals surface area (Å²) in [6.07, 6.45) is 1.19. The highest BCUT2D eigenvalue weighted by atomic mass is 16.5. The van der Waals surface area contributed by atoms with Crippen LogP contribution in [0.2, 0.25) is 0 Å². The van der Waals surface area contributed by atoms with Crippen molar-refractivity contribution < 1.29 is 24.2 Å². The van der Waals surface area contributed by atoms with E-state index < -0.39 is 18.0 Å². The van der Waals surface area contributed by atoms with Gasteiger partial charge in [0.2, 0.25) is 0 Å². The molecule has 1 aliphatic rings. The number of amides is 1. The molecule has 1 fully saturated rings. The van der Waals surface area contributed by atoms with Crippen LogP contribution >= 0.6 is 0 Å². The van der Waals surface area contributed by atoms with Gasteiger partial charge in [-0.1, -0.05) is 6.92 Å². The molecule has 1 saturated carbocycles. The predicted molar refractivity (Wildman–Crippen MR) is 84.6 cm³/mol. The third-order valence-electron chi connectivity index (χ3n) is 3.88. The van der Waals surface area contributed by atoms with Crippen molar-refractivity contribution in [1.82, 2.24) is 4.90 Å². The van der Waals surface area contributed by atoms with Crippen molar-refractivity contribution in [3.8, 4) is 11.5 Å². The van der Waals surface area contributed by atoms with Gasteiger partial charge in [-0.05, 0) is 44.0 Å². The maximum absolute atomic E-state index is 12.6. The van der Waals surface area contributed by atoms with Crippen LogP contribution in [0.3, 0.4) is 0 Å². The fourth-order valence-electron chi connectivity index (χ4n) is 2.32. The zero-order valence-electron chi connectivity index (χ0n) is 13.7. The Morgan fingerprint density at radius 2 is 1.78 bits per heavy atom. The number of hydrogen-bond donors (Lipinski definition) is 1. The first-order chi connectivity index (χ1) is 10.9. The quantitative estimate of drug-likeness (QED) is 0.794. The van der Waals surface area contributed by atoms with Crippen LogP contribution in [-0.4, -0.2) is 47.7 Å². The molecule has 23 heavy (non-hydrogen) atoms. The number of hydrogen-bond acceptors (Lipinski definition) is 4. The second kappa shape index (κ2) is 7.35. The fraction of sp³-hybridized carbons (Fsp3) is 0.529. The number of aliphatic carboxylic acids is 1. The standard InChI is InChI=1S/C17H23NO5/c1-11(17(20)21)10-18(13-4-5-13)16(19)12(2)23-15-8-6-14(22-3)7-9-15/h6-9,11-13H,4-5,10H2,1-3H3,(H,20,21). The number of ether oxygens (including phenoxy) is 2. The molecule has 126 valence electrons. The summed E-state index contributed by atoms with van der Waals surface area (Å²) in [6.45, 7) is 3.52. The molecule has 0 bridgehead atoms. The zero-order chi connectivity index (χ0) is 17.0. The lowest BCUT2D eigenvalue weighted by Gasteiger charge is -2.27. The van der Waals surface area contributed by atoms with Crippen molar-refractivity contribution in [2.24, 2.45) is 5.92 Å². The van der Waals surface area contributed by atoms with E-state index in [1.165, 1.54) is 0 Å². The predicted octanol–water partition coefficient (Wildman–Crippen LogP) is 2.17. The molecular formula is C17H23NO5. The Kier molecular flexibility index (Phi) is 5.47. The summed E-state index contributed by atoms with van der Waals surface area (Å²) in [6, 6.07) is 7.15. The highest BCUT2D eigenvalue weighted by Gasteiger charge is 2.36. The number of carboxylic acids is 1. The Balaban J connectivity index is 1.99. The van der Waals surface area contributed by atoms with E-state index in [2.05, 4.69) is 0 Å². The molecule has 1 aromatic carbocycles. The third kappa shape index (κ3) is 4.61. The SMILES string of the molecule is COc1ccc(OC(C)C(=O)N(CC(C)C(=O)O)C2CC2)cc1. The maximum atomic E-state index is 12.6. The van der Waals surface area contributed by atoms with Gasteiger partial charge in [0.15, 0.2) is 6.10 Å². The van der Waals surface area contributed by atoms with E-state index in [0.29, 0.717) is 11.5 Å². The Labute approximate surface area is 136 Å². The number of methoxy groups -OCH3 is 1. The van der Waals surface area contributed by atoms with E-state index in [1.54, 1.807) is 50.1 Å². The van der Waals surface area contributed by atoms with Crippen LogP contribution < -0.4 is 9.47 Å². The fourth-order valence-corrected chi connectivity index (χ4v) is 2.32. The molecule has 1 aliphatic carbocycles. The van der Waals surface area contributed by atoms with Gasteiger partial charge < -0.3 is 19.5 Å². The molecule has 6 nitrogen and oxygen atoms in total. The van der Waals surface area contributed by atoms with Gasteiger partial charge in [-0.3, -0.25) is 9.59 Å². The normalized spacial score (nSPS) is 16.3. The number of carbonyl (C=O) groups excluding carboxylic acids is 1. The third-order valence-corrected chi connectivity index (χ3v) is 3.88. The molecule has 1 N–H and O–H groups in total. The second-order valence-corrected chi connectivity index (χ2v) is 5.90. The van der Waals surface area contributed by atoms with Crippen LogP contribution in [0.25, 0.3) is 0 Å². The molecule has 0 aliphatic heterocycles. The number of rotatable bonds is 8. The van der Waals surface area contributed by atoms with Gasteiger partial charge in [-0.25, -0.2) is 0 Å². The molecule has 0 aromatic heterocycles. The summed E-state index contributed by atoms with van der Waals surface area (Å²) in [7, 11) is 1.58. The summed E-state index contributed by atoms with van der Waals surface area (Å²) in [5.41, 5.74) is 0. The average Bonchev–Trinajstić information content (AvgIpc) is 3.37. The van der Waals surface area contributed by atoms with Gasteiger partial charge in [0.25, 0.3) is 5.91 Å². The van der Waals surface area contributed by atoms with Gasteiger partial charge in [-0.2, -0.15) is 0 Å². The molecule has 1 amide bonds. The average molecular weight is 321 g/mol. The first-order valence-corrected chi connectivity index (χ1v) is 7.76. The van der Waals surface area contributed by atoms with E-state index >= 15 is 0 Å². The highest BCUT2D eigenvalue weighted by molar-refractivity contribution is 5.82. The molecule has 0 saturated heterocycles. The Bertz CT molecular complexity index is 553. The molecule has 2 rings (SSSR count). The van der Waals surface area contributed by atoms with E-state index in [-0.39, 0.29) is 18.5 Å². The van der Waals surface area contributed by atoms with Crippen LogP contribution in [0.4, 0.5) is 0 Å². The van der Waals surface area contributed by atoms with Crippen LogP contribution in [0.5, 0.6) is 11.5 Å². The van der Waals surface area contributed by atoms with Crippen LogP contribution in [0, 0.1) is 5.92 Å². The highest BCUT2D eigenvalue weighted by Crippen LogP contribution is 2.29. The molecule has 6 heteroatoms. The summed E-state index contributed by atoms with van der Waals surface area (Å²) < 4.78 is 10.8. The topological polar surface area (TPSA) is 76.1 Å². The summed E-state index contributed by atoms with van der Waals surface area (Å²) in [5.74, 6) is -0.365. The van der Waals surface area contributed by atoms with Crippen LogP contribution in [-0.2, 0) is 9.59 Å². The Morgan fingerprint density at radius 1 is 1.22 bits per heavy atom. The van der Waals surface area contributed by atoms with Crippen molar-refractivity contribution in [3.05, 3.63) is 24.3 Å². The van der Waals surface area contributed by atoms with E-state index in [0.717, 1.165) is 12.8 Å². The van der Waals surface area contributed by atoms with Crippen molar-refractivity contribution in [3.63, 3.8) is 0 Å². The Morgan fingerprint density at radius 3 is 2.26 bits per heavy atom. The minimum Gasteiger partial charge on any atom is -0.497 e. The smallest absolute Gasteiger partial charge is 0.308 e. The van der Waals surface area contributed by atoms with Crippen molar-refractivity contribution in [1.29, 1.82) is 0 Å². The first-order valence-electron chi connectivity index (χ1n) is 7.76. The summed E-state index contributed by atoms with van der Waals surface area (Å²) in [5, 5.41) is 9.06. The molecule has 0 spiro atoms. The van der Waals surface area contributed by atoms with Gasteiger partial charge in [0.1, 0.15) is 11.5 Å². The van der Waals surface area contributed by atoms with Gasteiger partial charge >= 0.3 is 5.97 Å². The van der Waals surface area contributed by atoms with Crippen LogP contribution in [0.15, 0.2) is 24.3 Å². The van der Waals surface area contributed by atoms with E-state index in [1.807, 2.05) is 0 Å². The monoisotopic (exact) mass is 321 g/mol. The first kappa shape index (κ1) is 17.1. The second-order valence-electron chi connectivity index (χ2n) is 5.90. The summed E-state index contributed by atoms with van der Waals surface area (Å²) in [4.78, 5) is 25.3. The molecule has 2 atom stereocenters. The maximum Gasteiger partial charge on any atom is 0.308 e. The van der Waals surface area contributed by atoms with Crippen molar-refractivity contribution in [2.45, 2.75) is 38.8 Å². The van der Waals surface area contributed by atoms with Gasteiger partial charge in [-0.15, -0.1) is 0 Å². The minimum absolute atomic E-state index is 0.145. The number of carboxylic acid groups (broad SMARTS) is 1. The molecule has 0 radical (unpaired) electrons. The van der Waals surface area contributed by atoms with E-state index in [9.17, 15) is 9.59 Å². The van der Waals surface area contributed by atoms with Crippen molar-refractivity contribution in [2.75, 3.05) is 13.7 Å². The lowest BCUT2D eigenvalue weighted by atomic mass is 10.1. The van der Waals surface area contributed by atoms with Gasteiger partial charge in [0, 0.05) is 12.6 Å². The molecule has 0 heterocycles. The molecule has 2 unspecified atom stereocenters. The van der Waals surface area contributed by atoms with Gasteiger partial charge in [0.05, 0.1) is 13.0 Å². The largest absolute Gasteiger partial charge is 0.497 e. The lowest BCUT2D eigenvalue weighted by molar-refractivity contribution is -0.145. The molecule has 1 aromatic rings. The number of carbonyl (C=O) groups is 2. The van der Waals surface area contributed by atoms with Crippen molar-refractivity contribution >= 4 is 11.9 Å². The van der Waals surface area contributed by atoms with Crippen LogP contribution in [0.1, 0.15) is 26.7 Å².